The third kappa shape index (κ3) is 2.12. The van der Waals surface area contributed by atoms with E-state index in [2.05, 4.69) is 12.2 Å². The molecule has 0 heterocycles. The maximum Gasteiger partial charge on any atom is 0.0195 e. The zero-order valence-corrected chi connectivity index (χ0v) is 6.29. The SMILES string of the molecule is NC1CC/C=C/CCC1N. The summed E-state index contributed by atoms with van der Waals surface area (Å²) in [6.07, 6.45) is 8.66. The van der Waals surface area contributed by atoms with Gasteiger partial charge in [0.05, 0.1) is 0 Å². The molecule has 10 heavy (non-hydrogen) atoms. The molecule has 2 nitrogen and oxygen atoms in total. The van der Waals surface area contributed by atoms with Crippen LogP contribution < -0.4 is 11.5 Å². The van der Waals surface area contributed by atoms with E-state index >= 15 is 0 Å². The molecule has 0 aromatic heterocycles. The zero-order valence-electron chi connectivity index (χ0n) is 6.29. The fourth-order valence-electron chi connectivity index (χ4n) is 1.24. The van der Waals surface area contributed by atoms with Crippen LogP contribution in [0.15, 0.2) is 12.2 Å². The summed E-state index contributed by atoms with van der Waals surface area (Å²) in [6.45, 7) is 0. The summed E-state index contributed by atoms with van der Waals surface area (Å²) >= 11 is 0. The molecule has 1 aliphatic carbocycles. The first kappa shape index (κ1) is 7.76. The smallest absolute Gasteiger partial charge is 0.0195 e. The summed E-state index contributed by atoms with van der Waals surface area (Å²) in [4.78, 5) is 0. The summed E-state index contributed by atoms with van der Waals surface area (Å²) in [5.74, 6) is 0. The van der Waals surface area contributed by atoms with Crippen LogP contribution in [0.1, 0.15) is 25.7 Å². The van der Waals surface area contributed by atoms with E-state index < -0.39 is 0 Å². The lowest BCUT2D eigenvalue weighted by Gasteiger charge is -2.19. The van der Waals surface area contributed by atoms with Crippen molar-refractivity contribution in [1.29, 1.82) is 0 Å². The van der Waals surface area contributed by atoms with Crippen molar-refractivity contribution < 1.29 is 0 Å². The van der Waals surface area contributed by atoms with Gasteiger partial charge in [0.15, 0.2) is 0 Å². The number of allylic oxidation sites excluding steroid dienone is 2. The Kier molecular flexibility index (Phi) is 2.90. The van der Waals surface area contributed by atoms with Crippen LogP contribution in [-0.2, 0) is 0 Å². The monoisotopic (exact) mass is 140 g/mol. The molecule has 0 aromatic carbocycles. The van der Waals surface area contributed by atoms with E-state index in [0.29, 0.717) is 0 Å². The van der Waals surface area contributed by atoms with Gasteiger partial charge in [0.25, 0.3) is 0 Å². The standard InChI is InChI=1S/C8H16N2/c9-7-5-3-1-2-4-6-8(7)10/h1-2,7-8H,3-6,9-10H2/b2-1+. The van der Waals surface area contributed by atoms with E-state index in [1.165, 1.54) is 0 Å². The molecular formula is C8H16N2. The van der Waals surface area contributed by atoms with Crippen molar-refractivity contribution >= 4 is 0 Å². The molecule has 0 aliphatic heterocycles. The second-order valence-electron chi connectivity index (χ2n) is 2.95. The second-order valence-corrected chi connectivity index (χ2v) is 2.95. The van der Waals surface area contributed by atoms with Gasteiger partial charge in [-0.2, -0.15) is 0 Å². The highest BCUT2D eigenvalue weighted by Crippen LogP contribution is 2.09. The molecule has 0 radical (unpaired) electrons. The predicted octanol–water partition coefficient (Wildman–Crippen LogP) is 0.771. The molecule has 4 N–H and O–H groups in total. The minimum absolute atomic E-state index is 0.213. The Morgan fingerprint density at radius 1 is 0.900 bits per heavy atom. The predicted molar refractivity (Wildman–Crippen MR) is 43.6 cm³/mol. The van der Waals surface area contributed by atoms with Crippen molar-refractivity contribution in [2.45, 2.75) is 37.8 Å². The largest absolute Gasteiger partial charge is 0.326 e. The summed E-state index contributed by atoms with van der Waals surface area (Å²) in [7, 11) is 0. The summed E-state index contributed by atoms with van der Waals surface area (Å²) < 4.78 is 0. The van der Waals surface area contributed by atoms with Crippen molar-refractivity contribution in [1.82, 2.24) is 0 Å². The van der Waals surface area contributed by atoms with Crippen molar-refractivity contribution in [2.75, 3.05) is 0 Å². The molecule has 1 aliphatic rings. The van der Waals surface area contributed by atoms with Crippen LogP contribution in [0.5, 0.6) is 0 Å². The average Bonchev–Trinajstić information content (AvgIpc) is 1.92. The van der Waals surface area contributed by atoms with Gasteiger partial charge in [0.2, 0.25) is 0 Å². The third-order valence-corrected chi connectivity index (χ3v) is 2.05. The third-order valence-electron chi connectivity index (χ3n) is 2.05. The molecule has 2 unspecified atom stereocenters. The van der Waals surface area contributed by atoms with Crippen LogP contribution in [0.4, 0.5) is 0 Å². The maximum absolute atomic E-state index is 5.79. The van der Waals surface area contributed by atoms with E-state index in [0.717, 1.165) is 25.7 Å². The Bertz CT molecular complexity index is 106. The van der Waals surface area contributed by atoms with Crippen LogP contribution in [0.2, 0.25) is 0 Å². The Morgan fingerprint density at radius 2 is 1.30 bits per heavy atom. The van der Waals surface area contributed by atoms with Gasteiger partial charge in [-0.05, 0) is 25.7 Å². The van der Waals surface area contributed by atoms with E-state index in [9.17, 15) is 0 Å². The summed E-state index contributed by atoms with van der Waals surface area (Å²) in [6, 6.07) is 0.426. The summed E-state index contributed by atoms with van der Waals surface area (Å²) in [5.41, 5.74) is 11.6. The van der Waals surface area contributed by atoms with Crippen LogP contribution >= 0.6 is 0 Å². The van der Waals surface area contributed by atoms with Gasteiger partial charge in [-0.3, -0.25) is 0 Å². The van der Waals surface area contributed by atoms with Gasteiger partial charge in [0, 0.05) is 12.1 Å². The molecule has 58 valence electrons. The molecule has 2 heteroatoms. The molecule has 1 rings (SSSR count). The Balaban J connectivity index is 2.40. The van der Waals surface area contributed by atoms with E-state index in [4.69, 9.17) is 11.5 Å². The highest BCUT2D eigenvalue weighted by molar-refractivity contribution is 4.90. The number of hydrogen-bond donors (Lipinski definition) is 2. The lowest BCUT2D eigenvalue weighted by Crippen LogP contribution is -2.41. The fourth-order valence-corrected chi connectivity index (χ4v) is 1.24. The fraction of sp³-hybridized carbons (Fsp3) is 0.750. The molecular weight excluding hydrogens is 124 g/mol. The normalized spacial score (nSPS) is 38.2. The molecule has 0 fully saturated rings. The van der Waals surface area contributed by atoms with Crippen molar-refractivity contribution in [2.24, 2.45) is 11.5 Å². The molecule has 0 bridgehead atoms. The molecule has 0 spiro atoms. The zero-order chi connectivity index (χ0) is 7.40. The first-order valence-corrected chi connectivity index (χ1v) is 3.97. The van der Waals surface area contributed by atoms with E-state index in [1.807, 2.05) is 0 Å². The topological polar surface area (TPSA) is 52.0 Å². The van der Waals surface area contributed by atoms with Crippen LogP contribution in [0, 0.1) is 0 Å². The highest BCUT2D eigenvalue weighted by Gasteiger charge is 2.12. The number of hydrogen-bond acceptors (Lipinski definition) is 2. The Labute approximate surface area is 62.3 Å². The molecule has 0 saturated carbocycles. The van der Waals surface area contributed by atoms with E-state index in [-0.39, 0.29) is 12.1 Å². The first-order chi connectivity index (χ1) is 4.80. The highest BCUT2D eigenvalue weighted by atomic mass is 14.8. The second kappa shape index (κ2) is 3.74. The molecule has 0 aromatic rings. The van der Waals surface area contributed by atoms with Crippen molar-refractivity contribution in [3.8, 4) is 0 Å². The summed E-state index contributed by atoms with van der Waals surface area (Å²) in [5, 5.41) is 0. The number of rotatable bonds is 0. The van der Waals surface area contributed by atoms with E-state index in [1.54, 1.807) is 0 Å². The molecule has 0 saturated heterocycles. The lowest BCUT2D eigenvalue weighted by molar-refractivity contribution is 0.468. The maximum atomic E-state index is 5.79. The van der Waals surface area contributed by atoms with Crippen LogP contribution in [-0.4, -0.2) is 12.1 Å². The van der Waals surface area contributed by atoms with Gasteiger partial charge in [0.1, 0.15) is 0 Å². The van der Waals surface area contributed by atoms with Gasteiger partial charge in [-0.15, -0.1) is 0 Å². The van der Waals surface area contributed by atoms with Gasteiger partial charge >= 0.3 is 0 Å². The minimum Gasteiger partial charge on any atom is -0.326 e. The van der Waals surface area contributed by atoms with Crippen molar-refractivity contribution in [3.63, 3.8) is 0 Å². The first-order valence-electron chi connectivity index (χ1n) is 3.97. The van der Waals surface area contributed by atoms with Gasteiger partial charge in [-0.1, -0.05) is 12.2 Å². The molecule has 0 amide bonds. The molecule has 2 atom stereocenters. The van der Waals surface area contributed by atoms with Crippen molar-refractivity contribution in [3.05, 3.63) is 12.2 Å². The van der Waals surface area contributed by atoms with Gasteiger partial charge < -0.3 is 11.5 Å². The average molecular weight is 140 g/mol. The Hall–Kier alpha value is -0.340. The van der Waals surface area contributed by atoms with Crippen LogP contribution in [0.25, 0.3) is 0 Å². The minimum atomic E-state index is 0.213. The Morgan fingerprint density at radius 3 is 1.70 bits per heavy atom. The number of nitrogens with two attached hydrogens (primary N) is 2. The van der Waals surface area contributed by atoms with Crippen LogP contribution in [0.3, 0.4) is 0 Å². The quantitative estimate of drug-likeness (QED) is 0.488. The van der Waals surface area contributed by atoms with Gasteiger partial charge in [-0.25, -0.2) is 0 Å². The lowest BCUT2D eigenvalue weighted by atomic mass is 9.97.